The molecular weight excluding hydrogens is 250 g/mol. The standard InChI is InChI=1S/C16H23N3O/c1-3-18-11-14-5-6-16(15(9-14)10-17)19-7-4-8-20-13(2)12-19/h5-6,9,13,18H,3-4,7-8,11-12H2,1-2H3. The van der Waals surface area contributed by atoms with Gasteiger partial charge in [-0.15, -0.1) is 0 Å². The van der Waals surface area contributed by atoms with Gasteiger partial charge in [-0.1, -0.05) is 13.0 Å². The Balaban J connectivity index is 2.20. The van der Waals surface area contributed by atoms with Gasteiger partial charge in [0, 0.05) is 26.2 Å². The zero-order valence-electron chi connectivity index (χ0n) is 12.4. The highest BCUT2D eigenvalue weighted by Gasteiger charge is 2.18. The molecule has 0 aliphatic carbocycles. The van der Waals surface area contributed by atoms with E-state index in [-0.39, 0.29) is 6.10 Å². The van der Waals surface area contributed by atoms with E-state index >= 15 is 0 Å². The first-order valence-corrected chi connectivity index (χ1v) is 7.35. The molecule has 1 aromatic carbocycles. The predicted octanol–water partition coefficient (Wildman–Crippen LogP) is 2.28. The molecule has 1 unspecified atom stereocenters. The van der Waals surface area contributed by atoms with Crippen molar-refractivity contribution in [2.24, 2.45) is 0 Å². The summed E-state index contributed by atoms with van der Waals surface area (Å²) in [6.45, 7) is 8.52. The van der Waals surface area contributed by atoms with Gasteiger partial charge >= 0.3 is 0 Å². The molecule has 1 saturated heterocycles. The third-order valence-electron chi connectivity index (χ3n) is 3.55. The quantitative estimate of drug-likeness (QED) is 0.914. The smallest absolute Gasteiger partial charge is 0.101 e. The minimum absolute atomic E-state index is 0.213. The summed E-state index contributed by atoms with van der Waals surface area (Å²) in [5.41, 5.74) is 2.95. The fraction of sp³-hybridized carbons (Fsp3) is 0.562. The Hall–Kier alpha value is -1.57. The van der Waals surface area contributed by atoms with Crippen LogP contribution in [-0.2, 0) is 11.3 Å². The molecule has 0 aromatic heterocycles. The van der Waals surface area contributed by atoms with Crippen LogP contribution in [0.1, 0.15) is 31.4 Å². The molecule has 1 aromatic rings. The highest BCUT2D eigenvalue weighted by atomic mass is 16.5. The van der Waals surface area contributed by atoms with Crippen molar-refractivity contribution in [1.29, 1.82) is 5.26 Å². The van der Waals surface area contributed by atoms with E-state index in [0.29, 0.717) is 0 Å². The number of nitriles is 1. The number of rotatable bonds is 4. The van der Waals surface area contributed by atoms with Crippen molar-refractivity contribution in [3.05, 3.63) is 29.3 Å². The van der Waals surface area contributed by atoms with E-state index in [1.807, 2.05) is 6.07 Å². The second-order valence-corrected chi connectivity index (χ2v) is 5.22. The number of anilines is 1. The molecule has 4 heteroatoms. The van der Waals surface area contributed by atoms with Crippen LogP contribution in [0.15, 0.2) is 18.2 Å². The highest BCUT2D eigenvalue weighted by molar-refractivity contribution is 5.60. The Morgan fingerprint density at radius 2 is 2.35 bits per heavy atom. The Morgan fingerprint density at radius 3 is 3.10 bits per heavy atom. The maximum Gasteiger partial charge on any atom is 0.101 e. The van der Waals surface area contributed by atoms with Crippen molar-refractivity contribution >= 4 is 5.69 Å². The zero-order chi connectivity index (χ0) is 14.4. The van der Waals surface area contributed by atoms with Gasteiger partial charge in [-0.3, -0.25) is 0 Å². The number of hydrogen-bond donors (Lipinski definition) is 1. The second kappa shape index (κ2) is 7.28. The molecule has 1 N–H and O–H groups in total. The summed E-state index contributed by atoms with van der Waals surface area (Å²) in [7, 11) is 0. The molecule has 20 heavy (non-hydrogen) atoms. The fourth-order valence-corrected chi connectivity index (χ4v) is 2.54. The molecule has 108 valence electrons. The number of nitrogens with one attached hydrogen (secondary N) is 1. The van der Waals surface area contributed by atoms with E-state index in [0.717, 1.165) is 56.0 Å². The van der Waals surface area contributed by atoms with Crippen LogP contribution in [0, 0.1) is 11.3 Å². The lowest BCUT2D eigenvalue weighted by Crippen LogP contribution is -2.30. The first-order valence-electron chi connectivity index (χ1n) is 7.35. The maximum absolute atomic E-state index is 9.41. The lowest BCUT2D eigenvalue weighted by molar-refractivity contribution is 0.0821. The summed E-state index contributed by atoms with van der Waals surface area (Å²) in [4.78, 5) is 2.27. The molecule has 0 saturated carbocycles. The Kier molecular flexibility index (Phi) is 5.40. The number of hydrogen-bond acceptors (Lipinski definition) is 4. The minimum atomic E-state index is 0.213. The van der Waals surface area contributed by atoms with Crippen molar-refractivity contribution in [3.63, 3.8) is 0 Å². The van der Waals surface area contributed by atoms with Crippen LogP contribution in [0.25, 0.3) is 0 Å². The highest BCUT2D eigenvalue weighted by Crippen LogP contribution is 2.23. The first-order chi connectivity index (χ1) is 9.74. The number of ether oxygens (including phenoxy) is 1. The topological polar surface area (TPSA) is 48.3 Å². The molecular formula is C16H23N3O. The number of nitrogens with zero attached hydrogens (tertiary/aromatic N) is 2. The monoisotopic (exact) mass is 273 g/mol. The van der Waals surface area contributed by atoms with Gasteiger partial charge in [0.15, 0.2) is 0 Å². The largest absolute Gasteiger partial charge is 0.377 e. The predicted molar refractivity (Wildman–Crippen MR) is 80.8 cm³/mol. The summed E-state index contributed by atoms with van der Waals surface area (Å²) in [6.07, 6.45) is 1.22. The van der Waals surface area contributed by atoms with E-state index in [2.05, 4.69) is 42.3 Å². The average Bonchev–Trinajstić information content (AvgIpc) is 2.69. The molecule has 1 fully saturated rings. The van der Waals surface area contributed by atoms with Gasteiger partial charge in [0.25, 0.3) is 0 Å². The van der Waals surface area contributed by atoms with Crippen LogP contribution in [0.5, 0.6) is 0 Å². The Morgan fingerprint density at radius 1 is 1.50 bits per heavy atom. The van der Waals surface area contributed by atoms with E-state index in [9.17, 15) is 5.26 Å². The van der Waals surface area contributed by atoms with Crippen LogP contribution in [0.2, 0.25) is 0 Å². The van der Waals surface area contributed by atoms with Crippen molar-refractivity contribution in [3.8, 4) is 6.07 Å². The van der Waals surface area contributed by atoms with Crippen molar-refractivity contribution < 1.29 is 4.74 Å². The van der Waals surface area contributed by atoms with E-state index in [1.54, 1.807) is 0 Å². The summed E-state index contributed by atoms with van der Waals surface area (Å²) < 4.78 is 5.67. The zero-order valence-corrected chi connectivity index (χ0v) is 12.4. The molecule has 4 nitrogen and oxygen atoms in total. The fourth-order valence-electron chi connectivity index (χ4n) is 2.54. The van der Waals surface area contributed by atoms with Crippen molar-refractivity contribution in [1.82, 2.24) is 5.32 Å². The van der Waals surface area contributed by atoms with Crippen LogP contribution in [0.4, 0.5) is 5.69 Å². The van der Waals surface area contributed by atoms with Gasteiger partial charge in [-0.2, -0.15) is 5.26 Å². The first kappa shape index (κ1) is 14.8. The van der Waals surface area contributed by atoms with Crippen LogP contribution >= 0.6 is 0 Å². The molecule has 0 bridgehead atoms. The van der Waals surface area contributed by atoms with Crippen molar-refractivity contribution in [2.45, 2.75) is 32.9 Å². The summed E-state index contributed by atoms with van der Waals surface area (Å²) >= 11 is 0. The third kappa shape index (κ3) is 3.72. The lowest BCUT2D eigenvalue weighted by Gasteiger charge is -2.25. The van der Waals surface area contributed by atoms with Gasteiger partial charge in [0.05, 0.1) is 17.4 Å². The summed E-state index contributed by atoms with van der Waals surface area (Å²) in [5, 5.41) is 12.7. The van der Waals surface area contributed by atoms with Gasteiger partial charge in [-0.05, 0) is 37.6 Å². The van der Waals surface area contributed by atoms with Crippen LogP contribution in [-0.4, -0.2) is 32.3 Å². The molecule has 1 heterocycles. The van der Waals surface area contributed by atoms with Crippen LogP contribution < -0.4 is 10.2 Å². The third-order valence-corrected chi connectivity index (χ3v) is 3.55. The summed E-state index contributed by atoms with van der Waals surface area (Å²) in [6, 6.07) is 8.51. The van der Waals surface area contributed by atoms with E-state index in [4.69, 9.17) is 4.74 Å². The minimum Gasteiger partial charge on any atom is -0.377 e. The molecule has 2 rings (SSSR count). The normalized spacial score (nSPS) is 19.4. The molecule has 1 atom stereocenters. The number of benzene rings is 1. The Labute approximate surface area is 121 Å². The van der Waals surface area contributed by atoms with E-state index < -0.39 is 0 Å². The summed E-state index contributed by atoms with van der Waals surface area (Å²) in [5.74, 6) is 0. The van der Waals surface area contributed by atoms with E-state index in [1.165, 1.54) is 0 Å². The molecule has 0 spiro atoms. The molecule has 0 amide bonds. The molecule has 1 aliphatic rings. The van der Waals surface area contributed by atoms with Gasteiger partial charge < -0.3 is 15.0 Å². The SMILES string of the molecule is CCNCc1ccc(N2CCCOC(C)C2)c(C#N)c1. The van der Waals surface area contributed by atoms with Gasteiger partial charge in [-0.25, -0.2) is 0 Å². The second-order valence-electron chi connectivity index (χ2n) is 5.22. The lowest BCUT2D eigenvalue weighted by atomic mass is 10.1. The Bertz CT molecular complexity index is 481. The van der Waals surface area contributed by atoms with Crippen LogP contribution in [0.3, 0.4) is 0 Å². The van der Waals surface area contributed by atoms with Gasteiger partial charge in [0.2, 0.25) is 0 Å². The maximum atomic E-state index is 9.41. The molecule has 1 aliphatic heterocycles. The van der Waals surface area contributed by atoms with Gasteiger partial charge in [0.1, 0.15) is 6.07 Å². The van der Waals surface area contributed by atoms with Crippen molar-refractivity contribution in [2.75, 3.05) is 31.1 Å². The molecule has 0 radical (unpaired) electrons. The average molecular weight is 273 g/mol.